The molecular formula is C42H44BCl2F3N8O7S. The number of aryl methyl sites for hydroxylation is 2. The zero-order valence-corrected chi connectivity index (χ0v) is 35.9. The third-order valence-corrected chi connectivity index (χ3v) is 11.1. The van der Waals surface area contributed by atoms with Crippen molar-refractivity contribution in [2.45, 2.75) is 52.7 Å². The highest BCUT2D eigenvalue weighted by Crippen LogP contribution is 2.32. The van der Waals surface area contributed by atoms with Crippen molar-refractivity contribution in [3.05, 3.63) is 141 Å². The molecule has 4 amide bonds. The summed E-state index contributed by atoms with van der Waals surface area (Å²) in [6.45, 7) is 5.25. The molecule has 15 nitrogen and oxygen atoms in total. The highest BCUT2D eigenvalue weighted by molar-refractivity contribution is 7.88. The molecule has 4 heterocycles. The van der Waals surface area contributed by atoms with Gasteiger partial charge in [0.1, 0.15) is 0 Å². The Kier molecular flexibility index (Phi) is 16.1. The van der Waals surface area contributed by atoms with Crippen LogP contribution in [0.3, 0.4) is 0 Å². The summed E-state index contributed by atoms with van der Waals surface area (Å²) in [5, 5.41) is 37.4. The molecule has 0 spiro atoms. The Hall–Kier alpha value is -6.06. The number of aromatic amines is 2. The predicted octanol–water partition coefficient (Wildman–Crippen LogP) is 7.82. The molecular weight excluding hydrogens is 899 g/mol. The summed E-state index contributed by atoms with van der Waals surface area (Å²) in [5.74, 6) is -0.734. The Morgan fingerprint density at radius 3 is 1.70 bits per heavy atom. The lowest BCUT2D eigenvalue weighted by Gasteiger charge is -2.27. The van der Waals surface area contributed by atoms with Crippen LogP contribution < -0.4 is 20.3 Å². The average molecular weight is 944 g/mol. The van der Waals surface area contributed by atoms with Crippen LogP contribution in [0, 0.1) is 13.8 Å². The lowest BCUT2D eigenvalue weighted by atomic mass is 9.80. The van der Waals surface area contributed by atoms with Gasteiger partial charge in [-0.15, -0.1) is 5.10 Å². The maximum Gasteiger partial charge on any atom is 0.534 e. The number of nitrogens with one attached hydrogen (secondary N) is 4. The molecule has 64 heavy (non-hydrogen) atoms. The van der Waals surface area contributed by atoms with E-state index in [1.807, 2.05) is 31.2 Å². The Morgan fingerprint density at radius 1 is 0.750 bits per heavy atom. The number of fused-ring (bicyclic) bond motifs is 2. The Balaban J connectivity index is 0.000000196. The van der Waals surface area contributed by atoms with Gasteiger partial charge in [-0.2, -0.15) is 26.7 Å². The lowest BCUT2D eigenvalue weighted by Crippen LogP contribution is -2.39. The van der Waals surface area contributed by atoms with E-state index in [-0.39, 0.29) is 38.5 Å². The molecule has 0 saturated carbocycles. The summed E-state index contributed by atoms with van der Waals surface area (Å²) in [5.41, 5.74) is 3.03. The quantitative estimate of drug-likeness (QED) is 0.0546. The van der Waals surface area contributed by atoms with Crippen LogP contribution in [0.4, 0.5) is 34.1 Å². The molecule has 0 unspecified atom stereocenters. The fraction of sp³-hybridized carbons (Fsp3) is 0.238. The van der Waals surface area contributed by atoms with E-state index in [4.69, 9.17) is 33.2 Å². The van der Waals surface area contributed by atoms with Gasteiger partial charge in [-0.05, 0) is 55.7 Å². The second-order valence-electron chi connectivity index (χ2n) is 14.4. The largest absolute Gasteiger partial charge is 0.534 e. The molecule has 0 saturated heterocycles. The Morgan fingerprint density at radius 2 is 1.22 bits per heavy atom. The lowest BCUT2D eigenvalue weighted by molar-refractivity contribution is -0.0501. The number of aromatic nitrogens is 4. The molecule has 6 aromatic rings. The SMILES string of the molecule is C.Cc1ccc(-c2n[nH]c3c2CN(C(=O)Nc2cccc(Cl)c2)CC3)cc1.Cc1ccc(B(O)O)cc1.O=C(Nc1cccc(Cl)c1)N1CCc2[nH]nc(OS(=O)(=O)C(F)(F)F)c2C1. The number of hydrogen-bond acceptors (Lipinski definition) is 9. The van der Waals surface area contributed by atoms with Crippen LogP contribution in [0.15, 0.2) is 97.1 Å². The van der Waals surface area contributed by atoms with E-state index < -0.39 is 34.7 Å². The zero-order chi connectivity index (χ0) is 45.5. The number of amides is 4. The van der Waals surface area contributed by atoms with E-state index in [2.05, 4.69) is 66.4 Å². The number of carbonyl (C=O) groups excluding carboxylic acids is 2. The zero-order valence-electron chi connectivity index (χ0n) is 33.6. The first-order valence-electron chi connectivity index (χ1n) is 19.1. The van der Waals surface area contributed by atoms with Crippen molar-refractivity contribution in [3.63, 3.8) is 0 Å². The van der Waals surface area contributed by atoms with Crippen molar-refractivity contribution in [1.82, 2.24) is 30.2 Å². The molecule has 8 rings (SSSR count). The third kappa shape index (κ3) is 12.6. The molecule has 22 heteroatoms. The van der Waals surface area contributed by atoms with Crippen LogP contribution in [0.2, 0.25) is 10.0 Å². The van der Waals surface area contributed by atoms with E-state index in [0.29, 0.717) is 45.7 Å². The van der Waals surface area contributed by atoms with Gasteiger partial charge in [0, 0.05) is 69.9 Å². The maximum absolute atomic E-state index is 12.6. The minimum atomic E-state index is -5.86. The molecule has 2 aliphatic heterocycles. The number of halogens is 5. The second kappa shape index (κ2) is 21.1. The van der Waals surface area contributed by atoms with Crippen molar-refractivity contribution in [3.8, 4) is 17.1 Å². The number of rotatable bonds is 6. The smallest absolute Gasteiger partial charge is 0.423 e. The van der Waals surface area contributed by atoms with Crippen LogP contribution in [-0.4, -0.2) is 86.4 Å². The fourth-order valence-electron chi connectivity index (χ4n) is 6.36. The monoisotopic (exact) mass is 942 g/mol. The topological polar surface area (TPSA) is 206 Å². The standard InChI is InChI=1S/C20H19ClN4O.C14H12ClF3N4O4S.C7H9BO2.CH4/c1-13-5-7-14(8-6-13)19-17-12-25(10-9-18(17)23-24-19)20(26)22-16-4-2-3-15(21)11-16;15-8-2-1-3-9(6-8)19-13(23)22-5-4-11-10(7-22)12(21-20-11)26-27(24,25)14(16,17)18;1-6-2-4-7(5-3-6)8(9)10;/h2-8,11H,9-10,12H2,1H3,(H,22,26)(H,23,24);1-3,6H,4-5,7H2,(H,19,23)(H,20,21);2-5,9-10H,1H3;1H4. The minimum Gasteiger partial charge on any atom is -0.423 e. The van der Waals surface area contributed by atoms with E-state index >= 15 is 0 Å². The minimum absolute atomic E-state index is 0. The molecule has 0 fully saturated rings. The number of benzene rings is 4. The van der Waals surface area contributed by atoms with E-state index in [1.165, 1.54) is 16.5 Å². The normalized spacial score (nSPS) is 13.1. The molecule has 0 radical (unpaired) electrons. The number of H-pyrrole nitrogens is 2. The van der Waals surface area contributed by atoms with Crippen molar-refractivity contribution in [2.75, 3.05) is 23.7 Å². The van der Waals surface area contributed by atoms with Gasteiger partial charge in [0.25, 0.3) is 5.88 Å². The number of nitrogens with zero attached hydrogens (tertiary/aromatic N) is 4. The maximum atomic E-state index is 12.6. The van der Waals surface area contributed by atoms with Crippen molar-refractivity contribution < 1.29 is 45.4 Å². The summed E-state index contributed by atoms with van der Waals surface area (Å²) >= 11 is 11.8. The number of anilines is 2. The summed E-state index contributed by atoms with van der Waals surface area (Å²) in [4.78, 5) is 28.1. The Bertz CT molecular complexity index is 2670. The Labute approximate surface area is 377 Å². The number of alkyl halides is 3. The first-order valence-corrected chi connectivity index (χ1v) is 21.3. The van der Waals surface area contributed by atoms with Crippen molar-refractivity contribution in [2.24, 2.45) is 0 Å². The van der Waals surface area contributed by atoms with Gasteiger partial charge in [0.2, 0.25) is 0 Å². The molecule has 338 valence electrons. The summed E-state index contributed by atoms with van der Waals surface area (Å²) < 4.78 is 64.0. The molecule has 2 aliphatic rings. The van der Waals surface area contributed by atoms with Gasteiger partial charge in [-0.3, -0.25) is 10.2 Å². The number of carbonyl (C=O) groups is 2. The number of urea groups is 2. The molecule has 0 atom stereocenters. The van der Waals surface area contributed by atoms with Gasteiger partial charge in [-0.1, -0.05) is 102 Å². The summed E-state index contributed by atoms with van der Waals surface area (Å²) in [6.07, 6.45) is 0.998. The average Bonchev–Trinajstić information content (AvgIpc) is 3.84. The van der Waals surface area contributed by atoms with Crippen LogP contribution in [0.5, 0.6) is 5.88 Å². The molecule has 6 N–H and O–H groups in total. The van der Waals surface area contributed by atoms with Crippen LogP contribution in [0.1, 0.15) is 41.1 Å². The van der Waals surface area contributed by atoms with Gasteiger partial charge in [-0.25, -0.2) is 9.59 Å². The van der Waals surface area contributed by atoms with E-state index in [1.54, 1.807) is 47.4 Å². The first kappa shape index (κ1) is 49.0. The molecule has 4 aromatic carbocycles. The van der Waals surface area contributed by atoms with Gasteiger partial charge in [0.15, 0.2) is 0 Å². The molecule has 0 aliphatic carbocycles. The first-order chi connectivity index (χ1) is 29.9. The van der Waals surface area contributed by atoms with Crippen LogP contribution in [0.25, 0.3) is 11.3 Å². The summed E-state index contributed by atoms with van der Waals surface area (Å²) in [7, 11) is -7.21. The number of hydrogen-bond donors (Lipinski definition) is 6. The second-order valence-corrected chi connectivity index (χ2v) is 16.8. The third-order valence-electron chi connectivity index (χ3n) is 9.73. The molecule has 0 bridgehead atoms. The van der Waals surface area contributed by atoms with Crippen LogP contribution >= 0.6 is 23.2 Å². The van der Waals surface area contributed by atoms with E-state index in [0.717, 1.165) is 34.5 Å². The van der Waals surface area contributed by atoms with Crippen LogP contribution in [-0.2, 0) is 36.0 Å². The van der Waals surface area contributed by atoms with Crippen molar-refractivity contribution >= 4 is 69.3 Å². The summed E-state index contributed by atoms with van der Waals surface area (Å²) in [6, 6.07) is 28.3. The van der Waals surface area contributed by atoms with E-state index in [9.17, 15) is 31.2 Å². The fourth-order valence-corrected chi connectivity index (χ4v) is 7.18. The van der Waals surface area contributed by atoms with Gasteiger partial charge < -0.3 is 34.7 Å². The predicted molar refractivity (Wildman–Crippen MR) is 240 cm³/mol. The highest BCUT2D eigenvalue weighted by atomic mass is 35.5. The van der Waals surface area contributed by atoms with Crippen molar-refractivity contribution in [1.29, 1.82) is 0 Å². The highest BCUT2D eigenvalue weighted by Gasteiger charge is 2.49. The van der Waals surface area contributed by atoms with Gasteiger partial charge in [0.05, 0.1) is 24.3 Å². The molecule has 2 aromatic heterocycles. The van der Waals surface area contributed by atoms with Gasteiger partial charge >= 0.3 is 34.8 Å².